The Morgan fingerprint density at radius 3 is 2.80 bits per heavy atom. The number of nitriles is 1. The van der Waals surface area contributed by atoms with Crippen molar-refractivity contribution in [2.24, 2.45) is 0 Å². The van der Waals surface area contributed by atoms with E-state index in [-0.39, 0.29) is 23.6 Å². The van der Waals surface area contributed by atoms with E-state index in [4.69, 9.17) is 5.26 Å². The fraction of sp³-hybridized carbons (Fsp3) is 0.167. The van der Waals surface area contributed by atoms with E-state index in [1.807, 2.05) is 0 Å². The number of nitro groups is 1. The molecule has 8 heteroatoms. The first-order valence-electron chi connectivity index (χ1n) is 5.67. The molecule has 1 N–H and O–H groups in total. The van der Waals surface area contributed by atoms with Crippen molar-refractivity contribution in [2.75, 3.05) is 5.32 Å². The van der Waals surface area contributed by atoms with Crippen molar-refractivity contribution in [3.05, 3.63) is 51.7 Å². The van der Waals surface area contributed by atoms with Crippen molar-refractivity contribution in [3.8, 4) is 6.07 Å². The molecule has 0 spiro atoms. The molecule has 0 bridgehead atoms. The summed E-state index contributed by atoms with van der Waals surface area (Å²) in [7, 11) is 0. The van der Waals surface area contributed by atoms with E-state index < -0.39 is 4.92 Å². The van der Waals surface area contributed by atoms with Crippen molar-refractivity contribution in [2.45, 2.75) is 13.5 Å². The third-order valence-electron chi connectivity index (χ3n) is 2.50. The van der Waals surface area contributed by atoms with Crippen molar-refractivity contribution in [1.82, 2.24) is 15.0 Å². The van der Waals surface area contributed by atoms with Crippen LogP contribution in [-0.2, 0) is 6.54 Å². The van der Waals surface area contributed by atoms with Gasteiger partial charge >= 0.3 is 5.69 Å². The van der Waals surface area contributed by atoms with Gasteiger partial charge in [-0.15, -0.1) is 0 Å². The Morgan fingerprint density at radius 1 is 1.40 bits per heavy atom. The lowest BCUT2D eigenvalue weighted by Gasteiger charge is -2.06. The molecule has 0 saturated carbocycles. The Hall–Kier alpha value is -3.08. The quantitative estimate of drug-likeness (QED) is 0.661. The van der Waals surface area contributed by atoms with Crippen LogP contribution in [0.4, 0.5) is 11.5 Å². The molecule has 0 aliphatic heterocycles. The minimum absolute atomic E-state index is 0.0358. The highest BCUT2D eigenvalue weighted by Crippen LogP contribution is 2.25. The number of aromatic nitrogens is 3. The molecule has 0 amide bonds. The van der Waals surface area contributed by atoms with Crippen LogP contribution in [0.1, 0.15) is 17.1 Å². The maximum absolute atomic E-state index is 11.0. The Morgan fingerprint density at radius 2 is 2.15 bits per heavy atom. The van der Waals surface area contributed by atoms with Gasteiger partial charge in [0, 0.05) is 12.4 Å². The molecule has 0 aliphatic carbocycles. The molecular weight excluding hydrogens is 260 g/mol. The Labute approximate surface area is 114 Å². The molecule has 100 valence electrons. The predicted octanol–water partition coefficient (Wildman–Crippen LogP) is 1.57. The van der Waals surface area contributed by atoms with Crippen molar-refractivity contribution in [3.63, 3.8) is 0 Å². The first kappa shape index (κ1) is 13.4. The van der Waals surface area contributed by atoms with Crippen LogP contribution in [0.15, 0.2) is 24.5 Å². The lowest BCUT2D eigenvalue weighted by Crippen LogP contribution is -2.07. The fourth-order valence-corrected chi connectivity index (χ4v) is 1.64. The summed E-state index contributed by atoms with van der Waals surface area (Å²) in [4.78, 5) is 22.4. The number of pyridine rings is 1. The van der Waals surface area contributed by atoms with Crippen LogP contribution in [0.3, 0.4) is 0 Å². The van der Waals surface area contributed by atoms with Gasteiger partial charge in [0.2, 0.25) is 5.82 Å². The lowest BCUT2D eigenvalue weighted by atomic mass is 10.2. The maximum Gasteiger partial charge on any atom is 0.328 e. The van der Waals surface area contributed by atoms with Gasteiger partial charge in [-0.25, -0.2) is 15.0 Å². The average molecular weight is 270 g/mol. The molecule has 2 heterocycles. The highest BCUT2D eigenvalue weighted by Gasteiger charge is 2.20. The summed E-state index contributed by atoms with van der Waals surface area (Å²) in [5.74, 6) is 0.655. The predicted molar refractivity (Wildman–Crippen MR) is 69.7 cm³/mol. The van der Waals surface area contributed by atoms with E-state index in [1.165, 1.54) is 12.3 Å². The van der Waals surface area contributed by atoms with E-state index in [0.29, 0.717) is 11.5 Å². The monoisotopic (exact) mass is 270 g/mol. The van der Waals surface area contributed by atoms with Crippen LogP contribution in [0.2, 0.25) is 0 Å². The zero-order chi connectivity index (χ0) is 14.5. The zero-order valence-corrected chi connectivity index (χ0v) is 10.6. The summed E-state index contributed by atoms with van der Waals surface area (Å²) < 4.78 is 0. The molecule has 0 aromatic carbocycles. The van der Waals surface area contributed by atoms with Crippen LogP contribution in [-0.4, -0.2) is 19.9 Å². The second-order valence-electron chi connectivity index (χ2n) is 3.87. The number of anilines is 1. The molecule has 0 unspecified atom stereocenters. The van der Waals surface area contributed by atoms with Crippen LogP contribution < -0.4 is 5.32 Å². The second-order valence-corrected chi connectivity index (χ2v) is 3.87. The van der Waals surface area contributed by atoms with Gasteiger partial charge in [0.25, 0.3) is 0 Å². The van der Waals surface area contributed by atoms with Gasteiger partial charge < -0.3 is 5.32 Å². The second kappa shape index (κ2) is 5.71. The van der Waals surface area contributed by atoms with Crippen LogP contribution in [0.5, 0.6) is 0 Å². The van der Waals surface area contributed by atoms with Crippen molar-refractivity contribution < 1.29 is 4.92 Å². The smallest absolute Gasteiger partial charge is 0.328 e. The van der Waals surface area contributed by atoms with E-state index in [0.717, 1.165) is 0 Å². The van der Waals surface area contributed by atoms with Crippen LogP contribution >= 0.6 is 0 Å². The van der Waals surface area contributed by atoms with Gasteiger partial charge in [-0.2, -0.15) is 5.26 Å². The Bertz CT molecular complexity index is 695. The molecule has 0 saturated heterocycles. The molecule has 0 atom stereocenters. The summed E-state index contributed by atoms with van der Waals surface area (Å²) in [5, 5.41) is 22.7. The molecule has 20 heavy (non-hydrogen) atoms. The largest absolute Gasteiger partial charge is 0.359 e. The van der Waals surface area contributed by atoms with Gasteiger partial charge in [0.1, 0.15) is 17.5 Å². The summed E-state index contributed by atoms with van der Waals surface area (Å²) >= 11 is 0. The van der Waals surface area contributed by atoms with Gasteiger partial charge in [0.15, 0.2) is 0 Å². The summed E-state index contributed by atoms with van der Waals surface area (Å²) in [5.41, 5.74) is 0.308. The molecule has 0 aliphatic rings. The number of aryl methyl sites for hydroxylation is 1. The zero-order valence-electron chi connectivity index (χ0n) is 10.6. The van der Waals surface area contributed by atoms with Crippen molar-refractivity contribution >= 4 is 11.5 Å². The molecule has 2 rings (SSSR count). The maximum atomic E-state index is 11.0. The first-order valence-corrected chi connectivity index (χ1v) is 5.67. The van der Waals surface area contributed by atoms with E-state index in [2.05, 4.69) is 20.3 Å². The fourth-order valence-electron chi connectivity index (χ4n) is 1.64. The highest BCUT2D eigenvalue weighted by molar-refractivity contribution is 5.64. The Balaban J connectivity index is 2.26. The minimum atomic E-state index is -0.626. The first-order chi connectivity index (χ1) is 9.61. The number of nitrogens with one attached hydrogen (secondary N) is 1. The normalized spacial score (nSPS) is 9.80. The highest BCUT2D eigenvalue weighted by atomic mass is 16.6. The van der Waals surface area contributed by atoms with Crippen molar-refractivity contribution in [1.29, 1.82) is 5.26 Å². The van der Waals surface area contributed by atoms with Gasteiger partial charge in [-0.1, -0.05) is 0 Å². The van der Waals surface area contributed by atoms with Gasteiger partial charge in [-0.3, -0.25) is 10.1 Å². The number of hydrogen-bond donors (Lipinski definition) is 1. The molecule has 8 nitrogen and oxygen atoms in total. The molecule has 2 aromatic rings. The van der Waals surface area contributed by atoms with Gasteiger partial charge in [-0.05, 0) is 19.1 Å². The lowest BCUT2D eigenvalue weighted by molar-refractivity contribution is -0.384. The van der Waals surface area contributed by atoms with Gasteiger partial charge in [0.05, 0.1) is 17.2 Å². The standard InChI is InChI=1S/C12H10N6O2/c1-8-14-5-3-10(17-8)7-16-12-11(18(19)20)9(6-13)2-4-15-12/h2-5H,7H2,1H3,(H,15,16). The van der Waals surface area contributed by atoms with E-state index in [9.17, 15) is 10.1 Å². The summed E-state index contributed by atoms with van der Waals surface area (Å²) in [6, 6.07) is 4.78. The summed E-state index contributed by atoms with van der Waals surface area (Å²) in [6.45, 7) is 2.01. The number of hydrogen-bond acceptors (Lipinski definition) is 7. The number of rotatable bonds is 4. The number of nitrogens with zero attached hydrogens (tertiary/aromatic N) is 5. The van der Waals surface area contributed by atoms with Crippen LogP contribution in [0, 0.1) is 28.4 Å². The average Bonchev–Trinajstić information content (AvgIpc) is 2.44. The van der Waals surface area contributed by atoms with E-state index >= 15 is 0 Å². The molecule has 0 fully saturated rings. The summed E-state index contributed by atoms with van der Waals surface area (Å²) in [6.07, 6.45) is 2.95. The molecule has 2 aromatic heterocycles. The Kier molecular flexibility index (Phi) is 3.81. The SMILES string of the molecule is Cc1nccc(CNc2nccc(C#N)c2[N+](=O)[O-])n1. The van der Waals surface area contributed by atoms with Crippen LogP contribution in [0.25, 0.3) is 0 Å². The topological polar surface area (TPSA) is 118 Å². The third-order valence-corrected chi connectivity index (χ3v) is 2.50. The molecular formula is C12H10N6O2. The minimum Gasteiger partial charge on any atom is -0.359 e. The third kappa shape index (κ3) is 2.84. The van der Waals surface area contributed by atoms with E-state index in [1.54, 1.807) is 25.3 Å². The molecule has 0 radical (unpaired) electrons.